The predicted molar refractivity (Wildman–Crippen MR) is 69.9 cm³/mol. The zero-order valence-electron chi connectivity index (χ0n) is 10.6. The summed E-state index contributed by atoms with van der Waals surface area (Å²) in [5.41, 5.74) is 1.38. The van der Waals surface area contributed by atoms with Crippen molar-refractivity contribution in [2.75, 3.05) is 6.61 Å². The molecule has 0 fully saturated rings. The number of aryl methyl sites for hydroxylation is 1. The van der Waals surface area contributed by atoms with Crippen molar-refractivity contribution in [1.82, 2.24) is 0 Å². The summed E-state index contributed by atoms with van der Waals surface area (Å²) in [5.74, 6) is -0.528. The number of ether oxygens (including phenoxy) is 1. The number of carbonyl (C=O) groups excluding carboxylic acids is 1. The fraction of sp³-hybridized carbons (Fsp3) is 0.429. The van der Waals surface area contributed by atoms with Crippen molar-refractivity contribution >= 4 is 11.7 Å². The fourth-order valence-corrected chi connectivity index (χ4v) is 1.67. The van der Waals surface area contributed by atoms with E-state index in [9.17, 15) is 4.79 Å². The van der Waals surface area contributed by atoms with E-state index in [2.05, 4.69) is 17.3 Å². The Morgan fingerprint density at radius 1 is 1.28 bits per heavy atom. The fourth-order valence-electron chi connectivity index (χ4n) is 1.67. The summed E-state index contributed by atoms with van der Waals surface area (Å²) in [6, 6.07) is 10.2. The second-order valence-electron chi connectivity index (χ2n) is 3.96. The van der Waals surface area contributed by atoms with Gasteiger partial charge in [-0.05, 0) is 31.7 Å². The van der Waals surface area contributed by atoms with Crippen LogP contribution in [0, 0.1) is 0 Å². The summed E-state index contributed by atoms with van der Waals surface area (Å²) in [6.07, 6.45) is 3.15. The third-order valence-electron chi connectivity index (χ3n) is 2.60. The minimum Gasteiger partial charge on any atom is -0.461 e. The van der Waals surface area contributed by atoms with Crippen LogP contribution in [0.25, 0.3) is 0 Å². The van der Waals surface area contributed by atoms with Crippen LogP contribution in [0.2, 0.25) is 0 Å². The van der Waals surface area contributed by atoms with Gasteiger partial charge in [0.05, 0.1) is 6.61 Å². The molecule has 0 saturated heterocycles. The molecule has 0 atom stereocenters. The number of nitrogens with zero attached hydrogens (tertiary/aromatic N) is 1. The van der Waals surface area contributed by atoms with Crippen molar-refractivity contribution in [2.24, 2.45) is 5.16 Å². The monoisotopic (exact) mass is 249 g/mol. The summed E-state index contributed by atoms with van der Waals surface area (Å²) in [4.78, 5) is 11.3. The first kappa shape index (κ1) is 14.2. The van der Waals surface area contributed by atoms with Crippen molar-refractivity contribution in [3.63, 3.8) is 0 Å². The van der Waals surface area contributed by atoms with E-state index < -0.39 is 5.97 Å². The Labute approximate surface area is 107 Å². The average molecular weight is 249 g/mol. The van der Waals surface area contributed by atoms with Gasteiger partial charge in [-0.2, -0.15) is 0 Å². The molecule has 0 aromatic heterocycles. The predicted octanol–water partition coefficient (Wildman–Crippen LogP) is 2.79. The SMILES string of the molecule is CCOC(=O)C(CCCCc1ccccc1)=NO. The van der Waals surface area contributed by atoms with Gasteiger partial charge in [0.25, 0.3) is 0 Å². The van der Waals surface area contributed by atoms with Gasteiger partial charge in [0.1, 0.15) is 0 Å². The molecule has 0 saturated carbocycles. The molecule has 0 unspecified atom stereocenters. The van der Waals surface area contributed by atoms with Gasteiger partial charge >= 0.3 is 5.97 Å². The molecule has 4 nitrogen and oxygen atoms in total. The second kappa shape index (κ2) is 8.28. The Kier molecular flexibility index (Phi) is 6.54. The summed E-state index contributed by atoms with van der Waals surface area (Å²) in [6.45, 7) is 2.02. The van der Waals surface area contributed by atoms with Crippen LogP contribution < -0.4 is 0 Å². The number of carbonyl (C=O) groups is 1. The van der Waals surface area contributed by atoms with E-state index in [0.29, 0.717) is 13.0 Å². The molecular weight excluding hydrogens is 230 g/mol. The summed E-state index contributed by atoms with van der Waals surface area (Å²) < 4.78 is 4.78. The van der Waals surface area contributed by atoms with E-state index in [-0.39, 0.29) is 5.71 Å². The zero-order chi connectivity index (χ0) is 13.2. The lowest BCUT2D eigenvalue weighted by Gasteiger charge is -2.04. The zero-order valence-corrected chi connectivity index (χ0v) is 10.6. The lowest BCUT2D eigenvalue weighted by atomic mass is 10.1. The standard InChI is InChI=1S/C14H19NO3/c1-2-18-14(16)13(15-17)11-7-6-10-12-8-4-3-5-9-12/h3-5,8-9,17H,2,6-7,10-11H2,1H3. The van der Waals surface area contributed by atoms with Gasteiger partial charge in [0.2, 0.25) is 0 Å². The van der Waals surface area contributed by atoms with Gasteiger partial charge in [0, 0.05) is 6.42 Å². The Morgan fingerprint density at radius 2 is 2.00 bits per heavy atom. The van der Waals surface area contributed by atoms with E-state index >= 15 is 0 Å². The number of esters is 1. The normalized spacial score (nSPS) is 11.3. The number of oxime groups is 1. The lowest BCUT2D eigenvalue weighted by Crippen LogP contribution is -2.17. The van der Waals surface area contributed by atoms with Crippen molar-refractivity contribution in [3.05, 3.63) is 35.9 Å². The van der Waals surface area contributed by atoms with Crippen LogP contribution in [-0.2, 0) is 16.0 Å². The molecule has 1 aromatic carbocycles. The molecule has 0 radical (unpaired) electrons. The largest absolute Gasteiger partial charge is 0.461 e. The van der Waals surface area contributed by atoms with Crippen molar-refractivity contribution in [3.8, 4) is 0 Å². The summed E-state index contributed by atoms with van der Waals surface area (Å²) >= 11 is 0. The molecule has 1 rings (SSSR count). The van der Waals surface area contributed by atoms with E-state index in [1.807, 2.05) is 18.2 Å². The van der Waals surface area contributed by atoms with Gasteiger partial charge in [-0.3, -0.25) is 0 Å². The smallest absolute Gasteiger partial charge is 0.356 e. The molecule has 0 bridgehead atoms. The molecular formula is C14H19NO3. The summed E-state index contributed by atoms with van der Waals surface area (Å²) in [7, 11) is 0. The maximum absolute atomic E-state index is 11.3. The van der Waals surface area contributed by atoms with Gasteiger partial charge in [-0.1, -0.05) is 35.5 Å². The van der Waals surface area contributed by atoms with Crippen LogP contribution >= 0.6 is 0 Å². The molecule has 98 valence electrons. The van der Waals surface area contributed by atoms with Crippen LogP contribution in [0.3, 0.4) is 0 Å². The maximum atomic E-state index is 11.3. The number of unbranched alkanes of at least 4 members (excludes halogenated alkanes) is 1. The third-order valence-corrected chi connectivity index (χ3v) is 2.60. The van der Waals surface area contributed by atoms with Crippen LogP contribution in [0.1, 0.15) is 31.7 Å². The molecule has 1 aromatic rings. The second-order valence-corrected chi connectivity index (χ2v) is 3.96. The maximum Gasteiger partial charge on any atom is 0.356 e. The van der Waals surface area contributed by atoms with Crippen LogP contribution in [0.15, 0.2) is 35.5 Å². The Morgan fingerprint density at radius 3 is 2.61 bits per heavy atom. The average Bonchev–Trinajstić information content (AvgIpc) is 2.40. The van der Waals surface area contributed by atoms with Crippen molar-refractivity contribution in [1.29, 1.82) is 0 Å². The third kappa shape index (κ3) is 4.99. The van der Waals surface area contributed by atoms with Gasteiger partial charge < -0.3 is 9.94 Å². The molecule has 4 heteroatoms. The van der Waals surface area contributed by atoms with Crippen LogP contribution in [-0.4, -0.2) is 23.5 Å². The first-order valence-corrected chi connectivity index (χ1v) is 6.20. The van der Waals surface area contributed by atoms with Gasteiger partial charge in [-0.25, -0.2) is 4.79 Å². The summed E-state index contributed by atoms with van der Waals surface area (Å²) in [5, 5.41) is 11.7. The van der Waals surface area contributed by atoms with Gasteiger partial charge in [-0.15, -0.1) is 0 Å². The number of hydrogen-bond donors (Lipinski definition) is 1. The Balaban J connectivity index is 2.26. The van der Waals surface area contributed by atoms with Crippen molar-refractivity contribution < 1.29 is 14.7 Å². The molecule has 18 heavy (non-hydrogen) atoms. The first-order chi connectivity index (χ1) is 8.77. The molecule has 0 aliphatic heterocycles. The molecule has 0 heterocycles. The molecule has 1 N–H and O–H groups in total. The molecule has 0 spiro atoms. The van der Waals surface area contributed by atoms with Crippen LogP contribution in [0.5, 0.6) is 0 Å². The Hall–Kier alpha value is -1.84. The number of benzene rings is 1. The topological polar surface area (TPSA) is 58.9 Å². The minimum absolute atomic E-state index is 0.102. The van der Waals surface area contributed by atoms with E-state index in [1.165, 1.54) is 5.56 Å². The number of rotatable bonds is 7. The highest BCUT2D eigenvalue weighted by Crippen LogP contribution is 2.07. The lowest BCUT2D eigenvalue weighted by molar-refractivity contribution is -0.135. The quantitative estimate of drug-likeness (QED) is 0.266. The van der Waals surface area contributed by atoms with E-state index in [0.717, 1.165) is 19.3 Å². The van der Waals surface area contributed by atoms with E-state index in [1.54, 1.807) is 6.92 Å². The van der Waals surface area contributed by atoms with Crippen LogP contribution in [0.4, 0.5) is 0 Å². The Bertz CT molecular complexity index is 387. The number of hydrogen-bond acceptors (Lipinski definition) is 4. The highest BCUT2D eigenvalue weighted by molar-refractivity contribution is 6.36. The minimum atomic E-state index is -0.528. The van der Waals surface area contributed by atoms with Crippen molar-refractivity contribution in [2.45, 2.75) is 32.6 Å². The highest BCUT2D eigenvalue weighted by Gasteiger charge is 2.12. The highest BCUT2D eigenvalue weighted by atomic mass is 16.5. The van der Waals surface area contributed by atoms with Gasteiger partial charge in [0.15, 0.2) is 5.71 Å². The van der Waals surface area contributed by atoms with E-state index in [4.69, 9.17) is 9.94 Å². The first-order valence-electron chi connectivity index (χ1n) is 6.20. The molecule has 0 aliphatic rings. The molecule has 0 aliphatic carbocycles. The molecule has 0 amide bonds.